The number of aromatic nitrogens is 2. The van der Waals surface area contributed by atoms with Crippen LogP contribution in [0.15, 0.2) is 42.7 Å². The standard InChI is InChI=1S/C15H11FN2O2/c1-20-15(19)13-10-6-7-17-8-12(10)18-14(13)9-4-2-3-5-11(9)16/h2-8,18H,1H3. The van der Waals surface area contributed by atoms with E-state index in [-0.39, 0.29) is 0 Å². The van der Waals surface area contributed by atoms with Gasteiger partial charge in [-0.2, -0.15) is 0 Å². The third-order valence-corrected chi connectivity index (χ3v) is 3.13. The first kappa shape index (κ1) is 12.3. The van der Waals surface area contributed by atoms with Crippen molar-refractivity contribution in [2.45, 2.75) is 0 Å². The van der Waals surface area contributed by atoms with Gasteiger partial charge in [0, 0.05) is 17.1 Å². The highest BCUT2D eigenvalue weighted by atomic mass is 19.1. The predicted molar refractivity (Wildman–Crippen MR) is 72.8 cm³/mol. The van der Waals surface area contributed by atoms with Crippen molar-refractivity contribution in [1.82, 2.24) is 9.97 Å². The third kappa shape index (κ3) is 1.84. The van der Waals surface area contributed by atoms with Crippen molar-refractivity contribution < 1.29 is 13.9 Å². The largest absolute Gasteiger partial charge is 0.465 e. The number of hydrogen-bond donors (Lipinski definition) is 1. The number of pyridine rings is 1. The fourth-order valence-electron chi connectivity index (χ4n) is 2.22. The summed E-state index contributed by atoms with van der Waals surface area (Å²) in [6, 6.07) is 7.96. The first-order chi connectivity index (χ1) is 9.72. The lowest BCUT2D eigenvalue weighted by atomic mass is 10.1. The van der Waals surface area contributed by atoms with E-state index in [1.807, 2.05) is 0 Å². The molecule has 20 heavy (non-hydrogen) atoms. The smallest absolute Gasteiger partial charge is 0.340 e. The van der Waals surface area contributed by atoms with Crippen LogP contribution in [-0.2, 0) is 4.74 Å². The zero-order valence-electron chi connectivity index (χ0n) is 10.7. The molecule has 100 valence electrons. The Morgan fingerprint density at radius 2 is 2.10 bits per heavy atom. The Bertz CT molecular complexity index is 795. The summed E-state index contributed by atoms with van der Waals surface area (Å²) < 4.78 is 18.8. The van der Waals surface area contributed by atoms with E-state index in [1.54, 1.807) is 36.7 Å². The molecule has 0 unspecified atom stereocenters. The molecule has 3 rings (SSSR count). The van der Waals surface area contributed by atoms with Gasteiger partial charge < -0.3 is 9.72 Å². The van der Waals surface area contributed by atoms with Crippen LogP contribution >= 0.6 is 0 Å². The maximum Gasteiger partial charge on any atom is 0.340 e. The molecule has 0 fully saturated rings. The number of H-pyrrole nitrogens is 1. The summed E-state index contributed by atoms with van der Waals surface area (Å²) in [6.45, 7) is 0. The summed E-state index contributed by atoms with van der Waals surface area (Å²) >= 11 is 0. The summed E-state index contributed by atoms with van der Waals surface area (Å²) in [4.78, 5) is 19.0. The number of esters is 1. The maximum absolute atomic E-state index is 14.0. The molecule has 1 aromatic carbocycles. The lowest BCUT2D eigenvalue weighted by Crippen LogP contribution is -2.02. The molecule has 0 aliphatic rings. The average Bonchev–Trinajstić information content (AvgIpc) is 2.86. The summed E-state index contributed by atoms with van der Waals surface area (Å²) in [5.41, 5.74) is 1.70. The molecule has 1 N–H and O–H groups in total. The molecule has 4 nitrogen and oxygen atoms in total. The Morgan fingerprint density at radius 3 is 2.85 bits per heavy atom. The van der Waals surface area contributed by atoms with Crippen molar-refractivity contribution in [2.24, 2.45) is 0 Å². The number of carbonyl (C=O) groups excluding carboxylic acids is 1. The number of carbonyl (C=O) groups is 1. The zero-order chi connectivity index (χ0) is 14.1. The number of ether oxygens (including phenoxy) is 1. The number of nitrogens with one attached hydrogen (secondary N) is 1. The molecular weight excluding hydrogens is 259 g/mol. The van der Waals surface area contributed by atoms with Crippen molar-refractivity contribution in [3.63, 3.8) is 0 Å². The molecule has 0 bridgehead atoms. The topological polar surface area (TPSA) is 55.0 Å². The lowest BCUT2D eigenvalue weighted by Gasteiger charge is -2.04. The van der Waals surface area contributed by atoms with E-state index in [0.29, 0.717) is 27.7 Å². The normalized spacial score (nSPS) is 10.7. The number of hydrogen-bond acceptors (Lipinski definition) is 3. The molecule has 0 spiro atoms. The van der Waals surface area contributed by atoms with Crippen LogP contribution < -0.4 is 0 Å². The predicted octanol–water partition coefficient (Wildman–Crippen LogP) is 3.16. The fourth-order valence-corrected chi connectivity index (χ4v) is 2.22. The van der Waals surface area contributed by atoms with E-state index in [4.69, 9.17) is 4.74 Å². The van der Waals surface area contributed by atoms with E-state index in [9.17, 15) is 9.18 Å². The van der Waals surface area contributed by atoms with Crippen molar-refractivity contribution in [3.05, 3.63) is 54.1 Å². The van der Waals surface area contributed by atoms with Gasteiger partial charge in [-0.15, -0.1) is 0 Å². The molecule has 0 radical (unpaired) electrons. The van der Waals surface area contributed by atoms with E-state index >= 15 is 0 Å². The Labute approximate surface area is 114 Å². The van der Waals surface area contributed by atoms with E-state index < -0.39 is 11.8 Å². The Hall–Kier alpha value is -2.69. The van der Waals surface area contributed by atoms with Crippen molar-refractivity contribution in [2.75, 3.05) is 7.11 Å². The number of methoxy groups -OCH3 is 1. The quantitative estimate of drug-likeness (QED) is 0.728. The molecule has 0 atom stereocenters. The number of aromatic amines is 1. The van der Waals surface area contributed by atoms with Crippen LogP contribution in [0.4, 0.5) is 4.39 Å². The van der Waals surface area contributed by atoms with Gasteiger partial charge in [-0.3, -0.25) is 4.98 Å². The summed E-state index contributed by atoms with van der Waals surface area (Å²) in [5.74, 6) is -0.919. The van der Waals surface area contributed by atoms with Crippen LogP contribution in [0, 0.1) is 5.82 Å². The monoisotopic (exact) mass is 270 g/mol. The van der Waals surface area contributed by atoms with E-state index in [0.717, 1.165) is 0 Å². The molecule has 0 aliphatic heterocycles. The first-order valence-corrected chi connectivity index (χ1v) is 6.01. The third-order valence-electron chi connectivity index (χ3n) is 3.13. The minimum atomic E-state index is -0.513. The average molecular weight is 270 g/mol. The summed E-state index contributed by atoms with van der Waals surface area (Å²) in [6.07, 6.45) is 3.17. The number of nitrogens with zero attached hydrogens (tertiary/aromatic N) is 1. The van der Waals surface area contributed by atoms with Crippen LogP contribution in [0.25, 0.3) is 22.2 Å². The van der Waals surface area contributed by atoms with Gasteiger partial charge in [0.1, 0.15) is 5.82 Å². The van der Waals surface area contributed by atoms with Gasteiger partial charge in [-0.25, -0.2) is 9.18 Å². The van der Waals surface area contributed by atoms with Gasteiger partial charge in [0.2, 0.25) is 0 Å². The number of halogens is 1. The molecule has 0 aliphatic carbocycles. The van der Waals surface area contributed by atoms with Crippen molar-refractivity contribution in [1.29, 1.82) is 0 Å². The van der Waals surface area contributed by atoms with Gasteiger partial charge in [-0.1, -0.05) is 12.1 Å². The molecule has 0 saturated carbocycles. The van der Waals surface area contributed by atoms with Crippen LogP contribution in [0.5, 0.6) is 0 Å². The van der Waals surface area contributed by atoms with Crippen molar-refractivity contribution in [3.8, 4) is 11.3 Å². The number of benzene rings is 1. The minimum absolute atomic E-state index is 0.315. The van der Waals surface area contributed by atoms with Crippen LogP contribution in [-0.4, -0.2) is 23.0 Å². The Morgan fingerprint density at radius 1 is 1.30 bits per heavy atom. The van der Waals surface area contributed by atoms with Crippen LogP contribution in [0.2, 0.25) is 0 Å². The van der Waals surface area contributed by atoms with Crippen molar-refractivity contribution >= 4 is 16.9 Å². The van der Waals surface area contributed by atoms with Gasteiger partial charge >= 0.3 is 5.97 Å². The first-order valence-electron chi connectivity index (χ1n) is 6.01. The molecular formula is C15H11FN2O2. The maximum atomic E-state index is 14.0. The molecule has 0 amide bonds. The van der Waals surface area contributed by atoms with Gasteiger partial charge in [-0.05, 0) is 18.2 Å². The second kappa shape index (κ2) is 4.77. The molecule has 3 aromatic rings. The molecule has 2 heterocycles. The summed E-state index contributed by atoms with van der Waals surface area (Å²) in [7, 11) is 1.30. The summed E-state index contributed by atoms with van der Waals surface area (Å²) in [5, 5.41) is 0.658. The fraction of sp³-hybridized carbons (Fsp3) is 0.0667. The zero-order valence-corrected chi connectivity index (χ0v) is 10.7. The minimum Gasteiger partial charge on any atom is -0.465 e. The molecule has 0 saturated heterocycles. The highest BCUT2D eigenvalue weighted by Gasteiger charge is 2.21. The number of fused-ring (bicyclic) bond motifs is 1. The molecule has 5 heteroatoms. The highest BCUT2D eigenvalue weighted by Crippen LogP contribution is 2.31. The molecule has 2 aromatic heterocycles. The Balaban J connectivity index is 2.35. The van der Waals surface area contributed by atoms with Crippen LogP contribution in [0.3, 0.4) is 0 Å². The second-order valence-corrected chi connectivity index (χ2v) is 4.27. The van der Waals surface area contributed by atoms with Crippen LogP contribution in [0.1, 0.15) is 10.4 Å². The van der Waals surface area contributed by atoms with E-state index in [1.165, 1.54) is 13.2 Å². The van der Waals surface area contributed by atoms with E-state index in [2.05, 4.69) is 9.97 Å². The van der Waals surface area contributed by atoms with Gasteiger partial charge in [0.15, 0.2) is 0 Å². The highest BCUT2D eigenvalue weighted by molar-refractivity contribution is 6.09. The number of rotatable bonds is 2. The van der Waals surface area contributed by atoms with Gasteiger partial charge in [0.25, 0.3) is 0 Å². The lowest BCUT2D eigenvalue weighted by molar-refractivity contribution is 0.0604. The van der Waals surface area contributed by atoms with Gasteiger partial charge in [0.05, 0.1) is 30.1 Å². The second-order valence-electron chi connectivity index (χ2n) is 4.27. The SMILES string of the molecule is COC(=O)c1c(-c2ccccc2F)[nH]c2cnccc12. The Kier molecular flexibility index (Phi) is 2.95.